The highest BCUT2D eigenvalue weighted by Crippen LogP contribution is 2.19. The van der Waals surface area contributed by atoms with E-state index in [0.29, 0.717) is 17.0 Å². The SMILES string of the molecule is Nc1nc(Cl)cc(N[C@H]2CCN(Cc3ccccc3)C2)n1. The zero-order valence-corrected chi connectivity index (χ0v) is 12.4. The molecule has 3 N–H and O–H groups in total. The van der Waals surface area contributed by atoms with Gasteiger partial charge in [-0.1, -0.05) is 41.9 Å². The molecule has 0 spiro atoms. The number of halogens is 1. The molecule has 1 aromatic carbocycles. The molecule has 6 heteroatoms. The molecule has 0 saturated carbocycles. The third-order valence-corrected chi connectivity index (χ3v) is 3.78. The van der Waals surface area contributed by atoms with Crippen LogP contribution in [-0.4, -0.2) is 34.0 Å². The lowest BCUT2D eigenvalue weighted by Gasteiger charge is -2.17. The van der Waals surface area contributed by atoms with E-state index in [4.69, 9.17) is 17.3 Å². The minimum atomic E-state index is 0.198. The lowest BCUT2D eigenvalue weighted by atomic mass is 10.2. The topological polar surface area (TPSA) is 67.1 Å². The zero-order chi connectivity index (χ0) is 14.7. The van der Waals surface area contributed by atoms with E-state index in [0.717, 1.165) is 26.1 Å². The van der Waals surface area contributed by atoms with E-state index in [1.165, 1.54) is 5.56 Å². The predicted molar refractivity (Wildman–Crippen MR) is 85.2 cm³/mol. The van der Waals surface area contributed by atoms with Gasteiger partial charge in [-0.05, 0) is 12.0 Å². The Kier molecular flexibility index (Phi) is 4.22. The molecule has 1 atom stereocenters. The Morgan fingerprint density at radius 1 is 1.29 bits per heavy atom. The minimum absolute atomic E-state index is 0.198. The molecule has 0 amide bonds. The molecule has 1 aliphatic rings. The molecule has 110 valence electrons. The van der Waals surface area contributed by atoms with Crippen molar-refractivity contribution in [1.29, 1.82) is 0 Å². The molecular weight excluding hydrogens is 286 g/mol. The van der Waals surface area contributed by atoms with Gasteiger partial charge in [0.15, 0.2) is 0 Å². The summed E-state index contributed by atoms with van der Waals surface area (Å²) < 4.78 is 0. The first-order valence-corrected chi connectivity index (χ1v) is 7.40. The van der Waals surface area contributed by atoms with Gasteiger partial charge in [0.05, 0.1) is 0 Å². The van der Waals surface area contributed by atoms with Crippen molar-refractivity contribution in [3.05, 3.63) is 47.1 Å². The predicted octanol–water partition coefficient (Wildman–Crippen LogP) is 2.40. The molecule has 1 fully saturated rings. The second-order valence-electron chi connectivity index (χ2n) is 5.28. The van der Waals surface area contributed by atoms with Gasteiger partial charge < -0.3 is 11.1 Å². The summed E-state index contributed by atoms with van der Waals surface area (Å²) in [6, 6.07) is 12.6. The highest BCUT2D eigenvalue weighted by molar-refractivity contribution is 6.29. The largest absolute Gasteiger partial charge is 0.368 e. The van der Waals surface area contributed by atoms with Crippen LogP contribution in [0.25, 0.3) is 0 Å². The Morgan fingerprint density at radius 3 is 2.86 bits per heavy atom. The van der Waals surface area contributed by atoms with Crippen LogP contribution in [0, 0.1) is 0 Å². The van der Waals surface area contributed by atoms with Gasteiger partial charge in [-0.2, -0.15) is 4.98 Å². The van der Waals surface area contributed by atoms with Crippen molar-refractivity contribution in [3.63, 3.8) is 0 Å². The van der Waals surface area contributed by atoms with Crippen molar-refractivity contribution in [3.8, 4) is 0 Å². The number of aromatic nitrogens is 2. The fourth-order valence-corrected chi connectivity index (χ4v) is 2.84. The Labute approximate surface area is 129 Å². The number of nitrogens with zero attached hydrogens (tertiary/aromatic N) is 3. The van der Waals surface area contributed by atoms with Gasteiger partial charge in [0, 0.05) is 31.7 Å². The van der Waals surface area contributed by atoms with Crippen LogP contribution in [0.3, 0.4) is 0 Å². The van der Waals surface area contributed by atoms with Crippen molar-refractivity contribution in [2.24, 2.45) is 0 Å². The molecule has 0 unspecified atom stereocenters. The van der Waals surface area contributed by atoms with Crippen molar-refractivity contribution in [1.82, 2.24) is 14.9 Å². The Morgan fingerprint density at radius 2 is 2.10 bits per heavy atom. The average Bonchev–Trinajstić information content (AvgIpc) is 2.86. The van der Waals surface area contributed by atoms with Gasteiger partial charge in [0.1, 0.15) is 11.0 Å². The summed E-state index contributed by atoms with van der Waals surface area (Å²) in [5.41, 5.74) is 6.95. The molecule has 0 radical (unpaired) electrons. The number of anilines is 2. The minimum Gasteiger partial charge on any atom is -0.368 e. The number of nitrogens with one attached hydrogen (secondary N) is 1. The van der Waals surface area contributed by atoms with E-state index < -0.39 is 0 Å². The summed E-state index contributed by atoms with van der Waals surface area (Å²) >= 11 is 5.89. The van der Waals surface area contributed by atoms with Crippen molar-refractivity contribution >= 4 is 23.4 Å². The van der Waals surface area contributed by atoms with Crippen LogP contribution in [0.15, 0.2) is 36.4 Å². The monoisotopic (exact) mass is 303 g/mol. The molecule has 1 saturated heterocycles. The highest BCUT2D eigenvalue weighted by Gasteiger charge is 2.22. The summed E-state index contributed by atoms with van der Waals surface area (Å²) in [5.74, 6) is 0.892. The smallest absolute Gasteiger partial charge is 0.223 e. The Hall–Kier alpha value is -1.85. The summed E-state index contributed by atoms with van der Waals surface area (Å²) in [6.07, 6.45) is 1.08. The van der Waals surface area contributed by atoms with E-state index in [1.807, 2.05) is 6.07 Å². The van der Waals surface area contributed by atoms with Gasteiger partial charge in [-0.3, -0.25) is 4.90 Å². The van der Waals surface area contributed by atoms with E-state index >= 15 is 0 Å². The van der Waals surface area contributed by atoms with E-state index in [9.17, 15) is 0 Å². The average molecular weight is 304 g/mol. The van der Waals surface area contributed by atoms with Gasteiger partial charge in [-0.15, -0.1) is 0 Å². The first kappa shape index (κ1) is 14.1. The first-order valence-electron chi connectivity index (χ1n) is 7.02. The molecule has 21 heavy (non-hydrogen) atoms. The quantitative estimate of drug-likeness (QED) is 0.849. The van der Waals surface area contributed by atoms with Crippen LogP contribution in [0.1, 0.15) is 12.0 Å². The molecule has 1 aliphatic heterocycles. The van der Waals surface area contributed by atoms with Crippen LogP contribution < -0.4 is 11.1 Å². The number of nitrogen functional groups attached to an aromatic ring is 1. The summed E-state index contributed by atoms with van der Waals surface area (Å²) in [4.78, 5) is 10.5. The Balaban J connectivity index is 1.57. The van der Waals surface area contributed by atoms with Gasteiger partial charge in [-0.25, -0.2) is 4.98 Å². The third kappa shape index (κ3) is 3.83. The molecule has 0 bridgehead atoms. The van der Waals surface area contributed by atoms with Crippen molar-refractivity contribution in [2.45, 2.75) is 19.0 Å². The fraction of sp³-hybridized carbons (Fsp3) is 0.333. The fourth-order valence-electron chi connectivity index (χ4n) is 2.65. The van der Waals surface area contributed by atoms with E-state index in [1.54, 1.807) is 6.07 Å². The van der Waals surface area contributed by atoms with Gasteiger partial charge in [0.2, 0.25) is 5.95 Å². The second-order valence-corrected chi connectivity index (χ2v) is 5.67. The van der Waals surface area contributed by atoms with Gasteiger partial charge in [0.25, 0.3) is 0 Å². The highest BCUT2D eigenvalue weighted by atomic mass is 35.5. The molecule has 1 aromatic heterocycles. The van der Waals surface area contributed by atoms with Gasteiger partial charge >= 0.3 is 0 Å². The number of benzene rings is 1. The number of hydrogen-bond donors (Lipinski definition) is 2. The van der Waals surface area contributed by atoms with E-state index in [2.05, 4.69) is 44.5 Å². The van der Waals surface area contributed by atoms with Crippen LogP contribution in [0.5, 0.6) is 0 Å². The maximum atomic E-state index is 5.89. The third-order valence-electron chi connectivity index (χ3n) is 3.59. The summed E-state index contributed by atoms with van der Waals surface area (Å²) in [5, 5.41) is 3.75. The number of likely N-dealkylation sites (tertiary alicyclic amines) is 1. The maximum Gasteiger partial charge on any atom is 0.223 e. The lowest BCUT2D eigenvalue weighted by molar-refractivity contribution is 0.328. The van der Waals surface area contributed by atoms with Crippen LogP contribution >= 0.6 is 11.6 Å². The molecule has 2 aromatic rings. The first-order chi connectivity index (χ1) is 10.2. The molecular formula is C15H18ClN5. The standard InChI is InChI=1S/C15H18ClN5/c16-13-8-14(20-15(17)19-13)18-12-6-7-21(10-12)9-11-4-2-1-3-5-11/h1-5,8,12H,6-7,9-10H2,(H3,17,18,19,20)/t12-/m0/s1. The van der Waals surface area contributed by atoms with E-state index in [-0.39, 0.29) is 5.95 Å². The maximum absolute atomic E-state index is 5.89. The summed E-state index contributed by atoms with van der Waals surface area (Å²) in [7, 11) is 0. The Bertz CT molecular complexity index is 584. The van der Waals surface area contributed by atoms with Crippen molar-refractivity contribution in [2.75, 3.05) is 24.1 Å². The molecule has 5 nitrogen and oxygen atoms in total. The number of nitrogens with two attached hydrogens (primary N) is 1. The second kappa shape index (κ2) is 6.28. The summed E-state index contributed by atoms with van der Waals surface area (Å²) in [6.45, 7) is 3.03. The lowest BCUT2D eigenvalue weighted by Crippen LogP contribution is -2.26. The van der Waals surface area contributed by atoms with Crippen LogP contribution in [0.2, 0.25) is 5.15 Å². The zero-order valence-electron chi connectivity index (χ0n) is 11.7. The molecule has 0 aliphatic carbocycles. The van der Waals surface area contributed by atoms with Crippen LogP contribution in [-0.2, 0) is 6.54 Å². The van der Waals surface area contributed by atoms with Crippen LogP contribution in [0.4, 0.5) is 11.8 Å². The normalized spacial score (nSPS) is 18.8. The van der Waals surface area contributed by atoms with Crippen molar-refractivity contribution < 1.29 is 0 Å². The number of hydrogen-bond acceptors (Lipinski definition) is 5. The molecule has 3 rings (SSSR count). The number of rotatable bonds is 4. The molecule has 2 heterocycles.